The van der Waals surface area contributed by atoms with E-state index in [1.54, 1.807) is 0 Å². The highest BCUT2D eigenvalue weighted by Gasteiger charge is 2.26. The summed E-state index contributed by atoms with van der Waals surface area (Å²) in [5.74, 6) is 0. The number of aryl methyl sites for hydroxylation is 2. The molecule has 0 bridgehead atoms. The Kier molecular flexibility index (Phi) is 7.72. The Labute approximate surface area is 254 Å². The van der Waals surface area contributed by atoms with E-state index in [9.17, 15) is 0 Å². The van der Waals surface area contributed by atoms with Crippen LogP contribution in [0, 0.1) is 13.8 Å². The number of likely N-dealkylation sites (N-methyl/N-ethyl adjacent to an activating group) is 1. The molecule has 7 rings (SSSR count). The quantitative estimate of drug-likeness (QED) is 0.213. The van der Waals surface area contributed by atoms with E-state index in [0.29, 0.717) is 0 Å². The molecule has 3 heteroatoms. The standard InChI is InChI=1S/C20H20N2.C20H17N/c1-4-11-18-17(5-2)22(16-12-7-6-8-13-16)20-15-10-9-14-19(20)21(18)3;1-14-8-10-19-17(12-14)18-13-15(2)9-11-20(18)21(19)16-6-4-3-5-7-16/h4-15H,2H2,1,3H3;3-13H,1-2H3/b11-4-;. The Bertz CT molecular complexity index is 1920. The Morgan fingerprint density at radius 2 is 1.09 bits per heavy atom. The molecule has 0 amide bonds. The molecule has 212 valence electrons. The summed E-state index contributed by atoms with van der Waals surface area (Å²) in [5, 5.41) is 2.66. The zero-order valence-corrected chi connectivity index (χ0v) is 25.3. The van der Waals surface area contributed by atoms with Gasteiger partial charge in [-0.15, -0.1) is 0 Å². The van der Waals surface area contributed by atoms with Crippen molar-refractivity contribution in [3.05, 3.63) is 169 Å². The average molecular weight is 560 g/mol. The van der Waals surface area contributed by atoms with Gasteiger partial charge in [0.05, 0.1) is 33.8 Å². The second kappa shape index (κ2) is 11.9. The molecule has 3 nitrogen and oxygen atoms in total. The molecule has 0 saturated heterocycles. The largest absolute Gasteiger partial charge is 0.341 e. The van der Waals surface area contributed by atoms with Gasteiger partial charge in [0.15, 0.2) is 0 Å². The molecule has 0 fully saturated rings. The van der Waals surface area contributed by atoms with Crippen molar-refractivity contribution < 1.29 is 0 Å². The van der Waals surface area contributed by atoms with Gasteiger partial charge >= 0.3 is 0 Å². The number of hydrogen-bond donors (Lipinski definition) is 0. The third kappa shape index (κ3) is 5.15. The number of aromatic nitrogens is 1. The van der Waals surface area contributed by atoms with Crippen molar-refractivity contribution in [3.63, 3.8) is 0 Å². The van der Waals surface area contributed by atoms with E-state index in [0.717, 1.165) is 17.1 Å². The molecule has 1 aliphatic heterocycles. The molecule has 1 aromatic heterocycles. The van der Waals surface area contributed by atoms with Crippen molar-refractivity contribution in [2.24, 2.45) is 0 Å². The Balaban J connectivity index is 0.000000153. The molecule has 0 radical (unpaired) electrons. The second-order valence-corrected chi connectivity index (χ2v) is 10.9. The van der Waals surface area contributed by atoms with Gasteiger partial charge in [-0.05, 0) is 93.6 Å². The molecule has 0 N–H and O–H groups in total. The average Bonchev–Trinajstić information content (AvgIpc) is 3.36. The summed E-state index contributed by atoms with van der Waals surface area (Å²) in [7, 11) is 2.10. The third-order valence-electron chi connectivity index (χ3n) is 7.97. The van der Waals surface area contributed by atoms with Gasteiger partial charge in [-0.2, -0.15) is 0 Å². The first-order valence-corrected chi connectivity index (χ1v) is 14.8. The summed E-state index contributed by atoms with van der Waals surface area (Å²) in [4.78, 5) is 4.48. The first kappa shape index (κ1) is 27.9. The number of anilines is 3. The number of rotatable bonds is 4. The number of nitrogens with zero attached hydrogens (tertiary/aromatic N) is 3. The van der Waals surface area contributed by atoms with Gasteiger partial charge in [-0.3, -0.25) is 0 Å². The van der Waals surface area contributed by atoms with Crippen LogP contribution in [-0.2, 0) is 0 Å². The van der Waals surface area contributed by atoms with Crippen LogP contribution in [0.5, 0.6) is 0 Å². The van der Waals surface area contributed by atoms with Crippen molar-refractivity contribution in [1.82, 2.24) is 4.57 Å². The van der Waals surface area contributed by atoms with Crippen LogP contribution in [0.25, 0.3) is 27.5 Å². The number of fused-ring (bicyclic) bond motifs is 4. The minimum atomic E-state index is 1.09. The van der Waals surface area contributed by atoms with Crippen LogP contribution in [-0.4, -0.2) is 11.6 Å². The lowest BCUT2D eigenvalue weighted by molar-refractivity contribution is 1.03. The molecule has 43 heavy (non-hydrogen) atoms. The number of hydrogen-bond acceptors (Lipinski definition) is 2. The maximum Gasteiger partial charge on any atom is 0.0699 e. The van der Waals surface area contributed by atoms with Crippen LogP contribution in [0.15, 0.2) is 158 Å². The lowest BCUT2D eigenvalue weighted by Crippen LogP contribution is -2.30. The Morgan fingerprint density at radius 1 is 0.581 bits per heavy atom. The highest BCUT2D eigenvalue weighted by Crippen LogP contribution is 2.43. The summed E-state index contributed by atoms with van der Waals surface area (Å²) in [6, 6.07) is 42.8. The molecular formula is C40H37N3. The monoisotopic (exact) mass is 559 g/mol. The van der Waals surface area contributed by atoms with E-state index in [1.165, 1.54) is 50.0 Å². The summed E-state index contributed by atoms with van der Waals surface area (Å²) in [5.41, 5.74) is 12.1. The summed E-state index contributed by atoms with van der Waals surface area (Å²) in [6.45, 7) is 10.4. The van der Waals surface area contributed by atoms with Gasteiger partial charge in [-0.25, -0.2) is 0 Å². The van der Waals surface area contributed by atoms with Gasteiger partial charge in [-0.1, -0.05) is 84.4 Å². The zero-order chi connectivity index (χ0) is 29.9. The first-order valence-electron chi connectivity index (χ1n) is 14.8. The molecule has 0 unspecified atom stereocenters. The molecule has 0 atom stereocenters. The van der Waals surface area contributed by atoms with E-state index in [-0.39, 0.29) is 0 Å². The minimum Gasteiger partial charge on any atom is -0.341 e. The highest BCUT2D eigenvalue weighted by molar-refractivity contribution is 6.09. The molecule has 2 heterocycles. The van der Waals surface area contributed by atoms with Crippen molar-refractivity contribution in [1.29, 1.82) is 0 Å². The number of para-hydroxylation sites is 4. The van der Waals surface area contributed by atoms with E-state index < -0.39 is 0 Å². The predicted octanol–water partition coefficient (Wildman–Crippen LogP) is 10.6. The lowest BCUT2D eigenvalue weighted by Gasteiger charge is -2.38. The topological polar surface area (TPSA) is 11.4 Å². The smallest absolute Gasteiger partial charge is 0.0699 e. The van der Waals surface area contributed by atoms with Gasteiger partial charge in [0.1, 0.15) is 0 Å². The summed E-state index contributed by atoms with van der Waals surface area (Å²) >= 11 is 0. The van der Waals surface area contributed by atoms with Crippen LogP contribution < -0.4 is 9.80 Å². The van der Waals surface area contributed by atoms with E-state index >= 15 is 0 Å². The van der Waals surface area contributed by atoms with E-state index in [4.69, 9.17) is 0 Å². The van der Waals surface area contributed by atoms with Gasteiger partial charge < -0.3 is 14.4 Å². The van der Waals surface area contributed by atoms with Gasteiger partial charge in [0, 0.05) is 29.2 Å². The maximum atomic E-state index is 4.04. The highest BCUT2D eigenvalue weighted by atomic mass is 15.3. The molecule has 0 spiro atoms. The number of allylic oxidation sites excluding steroid dienone is 3. The minimum absolute atomic E-state index is 1.09. The third-order valence-corrected chi connectivity index (χ3v) is 7.97. The Morgan fingerprint density at radius 3 is 1.63 bits per heavy atom. The fourth-order valence-corrected chi connectivity index (χ4v) is 6.00. The molecule has 5 aromatic carbocycles. The van der Waals surface area contributed by atoms with Crippen molar-refractivity contribution in [2.75, 3.05) is 16.8 Å². The fourth-order valence-electron chi connectivity index (χ4n) is 6.00. The van der Waals surface area contributed by atoms with Crippen LogP contribution in [0.3, 0.4) is 0 Å². The predicted molar refractivity (Wildman–Crippen MR) is 186 cm³/mol. The van der Waals surface area contributed by atoms with Crippen LogP contribution in [0.4, 0.5) is 17.1 Å². The molecular weight excluding hydrogens is 522 g/mol. The SMILES string of the molecule is C=CC1=C(/C=C\C)N(C)c2ccccc2N1c1ccccc1.Cc1ccc2c(c1)c1cc(C)ccc1n2-c1ccccc1. The Hall–Kier alpha value is -5.28. The summed E-state index contributed by atoms with van der Waals surface area (Å²) in [6.07, 6.45) is 6.12. The first-order chi connectivity index (χ1) is 21.0. The van der Waals surface area contributed by atoms with Crippen LogP contribution in [0.1, 0.15) is 18.1 Å². The van der Waals surface area contributed by atoms with Gasteiger partial charge in [0.2, 0.25) is 0 Å². The molecule has 0 aliphatic carbocycles. The van der Waals surface area contributed by atoms with E-state index in [1.807, 2.05) is 19.1 Å². The van der Waals surface area contributed by atoms with Gasteiger partial charge in [0.25, 0.3) is 0 Å². The maximum absolute atomic E-state index is 4.04. The normalized spacial score (nSPS) is 12.9. The lowest BCUT2D eigenvalue weighted by atomic mass is 10.1. The molecule has 1 aliphatic rings. The van der Waals surface area contributed by atoms with Crippen molar-refractivity contribution in [3.8, 4) is 5.69 Å². The number of benzene rings is 5. The summed E-state index contributed by atoms with van der Waals surface area (Å²) < 4.78 is 2.35. The fraction of sp³-hybridized carbons (Fsp3) is 0.100. The van der Waals surface area contributed by atoms with Crippen LogP contribution >= 0.6 is 0 Å². The van der Waals surface area contributed by atoms with Crippen molar-refractivity contribution >= 4 is 38.9 Å². The zero-order valence-electron chi connectivity index (χ0n) is 25.3. The molecule has 0 saturated carbocycles. The van der Waals surface area contributed by atoms with Crippen LogP contribution in [0.2, 0.25) is 0 Å². The van der Waals surface area contributed by atoms with E-state index in [2.05, 4.69) is 169 Å². The molecule has 6 aromatic rings. The second-order valence-electron chi connectivity index (χ2n) is 10.9. The van der Waals surface area contributed by atoms with Crippen molar-refractivity contribution in [2.45, 2.75) is 20.8 Å².